The minimum absolute atomic E-state index is 0.457. The lowest BCUT2D eigenvalue weighted by Crippen LogP contribution is -2.16. The molecule has 0 fully saturated rings. The molecule has 0 amide bonds. The fourth-order valence-corrected chi connectivity index (χ4v) is 7.20. The van der Waals surface area contributed by atoms with Crippen LogP contribution in [0.15, 0.2) is 158 Å². The molecule has 0 radical (unpaired) electrons. The van der Waals surface area contributed by atoms with E-state index in [-0.39, 0.29) is 0 Å². The summed E-state index contributed by atoms with van der Waals surface area (Å²) in [6.45, 7) is 0. The standard InChI is InChI=1S/C42H26Cl4N4/c43-31-21-23-33(35(45)25-31)41-47-37(27-13-5-1-6-14-27)39(29-17-9-3-10-18-29)49(41)50-40(30-19-11-4-12-20-30)38(28-15-7-2-8-16-28)48-42(50)34-24-22-32(44)26-36(34)46/h1-26H. The summed E-state index contributed by atoms with van der Waals surface area (Å²) in [6, 6.07) is 51.6. The van der Waals surface area contributed by atoms with Crippen molar-refractivity contribution < 1.29 is 0 Å². The van der Waals surface area contributed by atoms with E-state index in [1.165, 1.54) is 0 Å². The molecule has 50 heavy (non-hydrogen) atoms. The second kappa shape index (κ2) is 13.7. The summed E-state index contributed by atoms with van der Waals surface area (Å²) in [6.07, 6.45) is 0. The Labute approximate surface area is 309 Å². The highest BCUT2D eigenvalue weighted by molar-refractivity contribution is 6.37. The first-order valence-electron chi connectivity index (χ1n) is 15.9. The van der Waals surface area contributed by atoms with Gasteiger partial charge in [0.1, 0.15) is 0 Å². The van der Waals surface area contributed by atoms with Crippen LogP contribution in [0.4, 0.5) is 0 Å². The van der Waals surface area contributed by atoms with Crippen LogP contribution in [0.2, 0.25) is 20.1 Å². The van der Waals surface area contributed by atoms with Crippen molar-refractivity contribution in [2.75, 3.05) is 0 Å². The molecule has 0 aliphatic heterocycles. The van der Waals surface area contributed by atoms with Gasteiger partial charge in [-0.25, -0.2) is 19.3 Å². The molecule has 0 unspecified atom stereocenters. The normalized spacial score (nSPS) is 11.2. The number of benzene rings is 6. The summed E-state index contributed by atoms with van der Waals surface area (Å²) in [5, 5.41) is 1.96. The number of imidazole rings is 2. The molecule has 0 aliphatic carbocycles. The van der Waals surface area contributed by atoms with Gasteiger partial charge in [-0.05, 0) is 36.4 Å². The lowest BCUT2D eigenvalue weighted by molar-refractivity contribution is 0.687. The van der Waals surface area contributed by atoms with Gasteiger partial charge in [-0.2, -0.15) is 0 Å². The molecule has 242 valence electrons. The summed E-state index contributed by atoms with van der Waals surface area (Å²) in [7, 11) is 0. The minimum Gasteiger partial charge on any atom is -0.226 e. The minimum atomic E-state index is 0.457. The molecule has 0 bridgehead atoms. The Morgan fingerprint density at radius 2 is 0.680 bits per heavy atom. The Hall–Kier alpha value is -5.10. The quantitative estimate of drug-likeness (QED) is 0.164. The zero-order valence-electron chi connectivity index (χ0n) is 26.3. The van der Waals surface area contributed by atoms with Crippen molar-refractivity contribution in [1.29, 1.82) is 0 Å². The number of hydrogen-bond acceptors (Lipinski definition) is 2. The van der Waals surface area contributed by atoms with Crippen LogP contribution in [0.1, 0.15) is 0 Å². The first-order valence-corrected chi connectivity index (χ1v) is 17.4. The van der Waals surface area contributed by atoms with Crippen LogP contribution in [-0.4, -0.2) is 19.3 Å². The highest BCUT2D eigenvalue weighted by Crippen LogP contribution is 2.44. The lowest BCUT2D eigenvalue weighted by atomic mass is 10.0. The Morgan fingerprint density at radius 3 is 1.00 bits per heavy atom. The number of rotatable bonds is 7. The van der Waals surface area contributed by atoms with Crippen molar-refractivity contribution >= 4 is 46.4 Å². The van der Waals surface area contributed by atoms with Crippen LogP contribution in [0.3, 0.4) is 0 Å². The summed E-state index contributed by atoms with van der Waals surface area (Å²) in [5.74, 6) is 1.18. The summed E-state index contributed by atoms with van der Waals surface area (Å²) in [5.41, 5.74) is 8.33. The van der Waals surface area contributed by atoms with E-state index in [2.05, 4.69) is 57.9 Å². The third kappa shape index (κ3) is 5.91. The van der Waals surface area contributed by atoms with Crippen LogP contribution in [0.5, 0.6) is 0 Å². The number of halogens is 4. The van der Waals surface area contributed by atoms with Gasteiger partial charge in [-0.3, -0.25) is 0 Å². The Bertz CT molecular complexity index is 2280. The smallest absolute Gasteiger partial charge is 0.162 e. The van der Waals surface area contributed by atoms with Gasteiger partial charge in [0.2, 0.25) is 0 Å². The summed E-state index contributed by atoms with van der Waals surface area (Å²) in [4.78, 5) is 10.8. The van der Waals surface area contributed by atoms with Crippen LogP contribution in [0.25, 0.3) is 67.8 Å². The van der Waals surface area contributed by atoms with Crippen LogP contribution >= 0.6 is 46.4 Å². The van der Waals surface area contributed by atoms with Gasteiger partial charge in [0, 0.05) is 43.4 Å². The predicted molar refractivity (Wildman–Crippen MR) is 208 cm³/mol. The van der Waals surface area contributed by atoms with Gasteiger partial charge in [0.05, 0.1) is 32.8 Å². The highest BCUT2D eigenvalue weighted by Gasteiger charge is 2.30. The fraction of sp³-hybridized carbons (Fsp3) is 0. The zero-order valence-corrected chi connectivity index (χ0v) is 29.3. The second-order valence-electron chi connectivity index (χ2n) is 11.6. The zero-order chi connectivity index (χ0) is 34.2. The van der Waals surface area contributed by atoms with Crippen molar-refractivity contribution in [2.45, 2.75) is 0 Å². The van der Waals surface area contributed by atoms with E-state index in [1.54, 1.807) is 12.1 Å². The maximum Gasteiger partial charge on any atom is 0.162 e. The average molecular weight is 729 g/mol. The molecule has 2 aromatic heterocycles. The SMILES string of the molecule is Clc1ccc(-c2nc(-c3ccccc3)c(-c3ccccc3)n2-n2c(-c3ccc(Cl)cc3Cl)nc(-c3ccccc3)c2-c2ccccc2)c(Cl)c1. The van der Waals surface area contributed by atoms with Crippen molar-refractivity contribution in [1.82, 2.24) is 19.3 Å². The fourth-order valence-electron chi connectivity index (χ4n) is 6.21. The average Bonchev–Trinajstić information content (AvgIpc) is 3.72. The van der Waals surface area contributed by atoms with E-state index in [4.69, 9.17) is 56.4 Å². The van der Waals surface area contributed by atoms with Gasteiger partial charge in [-0.15, -0.1) is 0 Å². The molecule has 6 aromatic carbocycles. The second-order valence-corrected chi connectivity index (χ2v) is 13.3. The maximum atomic E-state index is 7.04. The van der Waals surface area contributed by atoms with Crippen LogP contribution < -0.4 is 0 Å². The van der Waals surface area contributed by atoms with Gasteiger partial charge < -0.3 is 0 Å². The first kappa shape index (κ1) is 32.1. The predicted octanol–water partition coefficient (Wildman–Crippen LogP) is 13.0. The third-order valence-corrected chi connectivity index (χ3v) is 9.54. The first-order chi connectivity index (χ1) is 24.5. The topological polar surface area (TPSA) is 35.6 Å². The van der Waals surface area contributed by atoms with Crippen LogP contribution in [0, 0.1) is 0 Å². The van der Waals surface area contributed by atoms with E-state index in [0.717, 1.165) is 45.0 Å². The molecule has 0 spiro atoms. The molecule has 0 saturated carbocycles. The molecule has 8 rings (SSSR count). The summed E-state index contributed by atoms with van der Waals surface area (Å²) < 4.78 is 4.21. The summed E-state index contributed by atoms with van der Waals surface area (Å²) >= 11 is 27.0. The van der Waals surface area contributed by atoms with Crippen molar-refractivity contribution in [2.24, 2.45) is 0 Å². The molecular formula is C42H26Cl4N4. The lowest BCUT2D eigenvalue weighted by Gasteiger charge is -2.21. The van der Waals surface area contributed by atoms with Crippen molar-refractivity contribution in [3.8, 4) is 67.8 Å². The molecule has 8 aromatic rings. The van der Waals surface area contributed by atoms with Gasteiger partial charge in [0.25, 0.3) is 0 Å². The van der Waals surface area contributed by atoms with E-state index in [1.807, 2.05) is 97.1 Å². The number of nitrogens with zero attached hydrogens (tertiary/aromatic N) is 4. The van der Waals surface area contributed by atoms with Crippen LogP contribution in [-0.2, 0) is 0 Å². The highest BCUT2D eigenvalue weighted by atomic mass is 35.5. The van der Waals surface area contributed by atoms with Crippen molar-refractivity contribution in [3.63, 3.8) is 0 Å². The Morgan fingerprint density at radius 1 is 0.360 bits per heavy atom. The van der Waals surface area contributed by atoms with Gasteiger partial charge in [0.15, 0.2) is 11.6 Å². The monoisotopic (exact) mass is 726 g/mol. The molecule has 0 aliphatic rings. The molecular weight excluding hydrogens is 702 g/mol. The molecule has 0 atom stereocenters. The maximum absolute atomic E-state index is 7.04. The van der Waals surface area contributed by atoms with Gasteiger partial charge >= 0.3 is 0 Å². The molecule has 8 heteroatoms. The molecule has 4 nitrogen and oxygen atoms in total. The number of hydrogen-bond donors (Lipinski definition) is 0. The Kier molecular flexibility index (Phi) is 8.78. The van der Waals surface area contributed by atoms with E-state index in [0.29, 0.717) is 42.9 Å². The van der Waals surface area contributed by atoms with E-state index < -0.39 is 0 Å². The largest absolute Gasteiger partial charge is 0.226 e. The van der Waals surface area contributed by atoms with E-state index in [9.17, 15) is 0 Å². The molecule has 0 N–H and O–H groups in total. The van der Waals surface area contributed by atoms with Crippen molar-refractivity contribution in [3.05, 3.63) is 178 Å². The number of aromatic nitrogens is 4. The Balaban J connectivity index is 1.62. The van der Waals surface area contributed by atoms with E-state index >= 15 is 0 Å². The van der Waals surface area contributed by atoms with Gasteiger partial charge in [-0.1, -0.05) is 168 Å². The molecule has 0 saturated heterocycles. The molecule has 2 heterocycles. The third-order valence-electron chi connectivity index (χ3n) is 8.44.